The number of nitrogens with two attached hydrogens (primary N) is 2. The Bertz CT molecular complexity index is 623. The van der Waals surface area contributed by atoms with E-state index in [-0.39, 0.29) is 17.4 Å². The monoisotopic (exact) mass is 276 g/mol. The molecule has 5 nitrogen and oxygen atoms in total. The Kier molecular flexibility index (Phi) is 4.14. The van der Waals surface area contributed by atoms with E-state index in [1.807, 2.05) is 6.92 Å². The first-order valence-corrected chi connectivity index (χ1v) is 6.41. The average Bonchev–Trinajstić information content (AvgIpc) is 2.88. The van der Waals surface area contributed by atoms with Crippen molar-refractivity contribution in [2.24, 2.45) is 11.5 Å². The van der Waals surface area contributed by atoms with E-state index < -0.39 is 11.7 Å². The molecule has 0 aliphatic heterocycles. The predicted octanol–water partition coefficient (Wildman–Crippen LogP) is 1.39. The molecular weight excluding hydrogens is 259 g/mol. The van der Waals surface area contributed by atoms with E-state index in [1.54, 1.807) is 12.1 Å². The van der Waals surface area contributed by atoms with Crippen molar-refractivity contribution in [3.8, 4) is 5.69 Å². The van der Waals surface area contributed by atoms with Crippen LogP contribution in [0.15, 0.2) is 30.5 Å². The summed E-state index contributed by atoms with van der Waals surface area (Å²) >= 11 is 0. The molecule has 0 aliphatic carbocycles. The molecular formula is C14H17FN4O. The highest BCUT2D eigenvalue weighted by molar-refractivity contribution is 5.90. The number of hydrogen-bond acceptors (Lipinski definition) is 3. The minimum atomic E-state index is -0.644. The highest BCUT2D eigenvalue weighted by Gasteiger charge is 2.11. The Morgan fingerprint density at radius 1 is 1.45 bits per heavy atom. The summed E-state index contributed by atoms with van der Waals surface area (Å²) in [6.07, 6.45) is 2.96. The van der Waals surface area contributed by atoms with Crippen LogP contribution in [0.5, 0.6) is 0 Å². The Hall–Kier alpha value is -2.21. The van der Waals surface area contributed by atoms with Gasteiger partial charge in [-0.3, -0.25) is 4.79 Å². The van der Waals surface area contributed by atoms with Crippen molar-refractivity contribution >= 4 is 5.91 Å². The van der Waals surface area contributed by atoms with Gasteiger partial charge < -0.3 is 11.5 Å². The molecule has 1 unspecified atom stereocenters. The summed E-state index contributed by atoms with van der Waals surface area (Å²) in [4.78, 5) is 11.0. The fourth-order valence-electron chi connectivity index (χ4n) is 1.90. The number of amides is 1. The second kappa shape index (κ2) is 5.83. The first kappa shape index (κ1) is 14.2. The van der Waals surface area contributed by atoms with Gasteiger partial charge in [0, 0.05) is 12.2 Å². The summed E-state index contributed by atoms with van der Waals surface area (Å²) in [6, 6.07) is 6.33. The van der Waals surface area contributed by atoms with E-state index in [0.29, 0.717) is 6.42 Å². The van der Waals surface area contributed by atoms with E-state index >= 15 is 0 Å². The zero-order valence-electron chi connectivity index (χ0n) is 11.2. The van der Waals surface area contributed by atoms with Gasteiger partial charge in [0.1, 0.15) is 17.2 Å². The van der Waals surface area contributed by atoms with Crippen molar-refractivity contribution in [1.29, 1.82) is 0 Å². The van der Waals surface area contributed by atoms with Gasteiger partial charge in [-0.05, 0) is 36.6 Å². The van der Waals surface area contributed by atoms with Crippen LogP contribution in [0.3, 0.4) is 0 Å². The Labute approximate surface area is 116 Å². The lowest BCUT2D eigenvalue weighted by atomic mass is 10.0. The molecule has 0 aliphatic rings. The minimum absolute atomic E-state index is 0.0198. The van der Waals surface area contributed by atoms with Crippen molar-refractivity contribution in [3.05, 3.63) is 47.5 Å². The molecule has 1 heterocycles. The van der Waals surface area contributed by atoms with Crippen LogP contribution >= 0.6 is 0 Å². The fraction of sp³-hybridized carbons (Fsp3) is 0.286. The third-order valence-electron chi connectivity index (χ3n) is 3.12. The van der Waals surface area contributed by atoms with E-state index in [2.05, 4.69) is 5.10 Å². The van der Waals surface area contributed by atoms with Crippen LogP contribution in [-0.2, 0) is 6.42 Å². The van der Waals surface area contributed by atoms with Crippen molar-refractivity contribution in [3.63, 3.8) is 0 Å². The number of rotatable bonds is 5. The minimum Gasteiger partial charge on any atom is -0.364 e. The lowest BCUT2D eigenvalue weighted by Crippen LogP contribution is -2.21. The average molecular weight is 276 g/mol. The van der Waals surface area contributed by atoms with E-state index in [0.717, 1.165) is 12.0 Å². The van der Waals surface area contributed by atoms with Crippen LogP contribution in [0.1, 0.15) is 29.4 Å². The highest BCUT2D eigenvalue weighted by Crippen LogP contribution is 2.16. The number of carbonyl (C=O) groups is 1. The molecule has 1 aromatic heterocycles. The van der Waals surface area contributed by atoms with Crippen molar-refractivity contribution in [2.75, 3.05) is 0 Å². The molecule has 1 atom stereocenters. The van der Waals surface area contributed by atoms with Crippen LogP contribution in [0.25, 0.3) is 5.69 Å². The van der Waals surface area contributed by atoms with E-state index in [4.69, 9.17) is 11.5 Å². The number of primary amides is 1. The topological polar surface area (TPSA) is 86.9 Å². The van der Waals surface area contributed by atoms with Crippen LogP contribution in [0.4, 0.5) is 4.39 Å². The van der Waals surface area contributed by atoms with Crippen LogP contribution in [-0.4, -0.2) is 21.7 Å². The summed E-state index contributed by atoms with van der Waals surface area (Å²) < 4.78 is 15.4. The first-order valence-electron chi connectivity index (χ1n) is 6.41. The normalized spacial score (nSPS) is 12.3. The Morgan fingerprint density at radius 3 is 2.75 bits per heavy atom. The van der Waals surface area contributed by atoms with Gasteiger partial charge in [0.15, 0.2) is 0 Å². The maximum Gasteiger partial charge on any atom is 0.269 e. The third-order valence-corrected chi connectivity index (χ3v) is 3.12. The number of nitrogens with zero attached hydrogens (tertiary/aromatic N) is 2. The van der Waals surface area contributed by atoms with Crippen LogP contribution < -0.4 is 11.5 Å². The van der Waals surface area contributed by atoms with E-state index in [9.17, 15) is 9.18 Å². The van der Waals surface area contributed by atoms with E-state index in [1.165, 1.54) is 23.0 Å². The van der Waals surface area contributed by atoms with Gasteiger partial charge in [0.05, 0.1) is 0 Å². The molecule has 0 fully saturated rings. The molecule has 0 saturated heterocycles. The molecule has 0 radical (unpaired) electrons. The first-order chi connectivity index (χ1) is 9.51. The molecule has 6 heteroatoms. The molecule has 1 aromatic carbocycles. The van der Waals surface area contributed by atoms with Crippen molar-refractivity contribution in [2.45, 2.75) is 25.8 Å². The molecule has 20 heavy (non-hydrogen) atoms. The predicted molar refractivity (Wildman–Crippen MR) is 74.0 cm³/mol. The number of benzene rings is 1. The Morgan fingerprint density at radius 2 is 2.20 bits per heavy atom. The lowest BCUT2D eigenvalue weighted by molar-refractivity contribution is 0.0995. The fourth-order valence-corrected chi connectivity index (χ4v) is 1.90. The molecule has 1 amide bonds. The third kappa shape index (κ3) is 3.03. The van der Waals surface area contributed by atoms with Gasteiger partial charge in [0.25, 0.3) is 5.91 Å². The maximum atomic E-state index is 14.1. The summed E-state index contributed by atoms with van der Waals surface area (Å²) in [5.41, 5.74) is 12.2. The zero-order valence-corrected chi connectivity index (χ0v) is 11.2. The Balaban J connectivity index is 2.26. The lowest BCUT2D eigenvalue weighted by Gasteiger charge is -2.10. The summed E-state index contributed by atoms with van der Waals surface area (Å²) in [6.45, 7) is 1.99. The van der Waals surface area contributed by atoms with Gasteiger partial charge in [-0.15, -0.1) is 0 Å². The van der Waals surface area contributed by atoms with Crippen LogP contribution in [0.2, 0.25) is 0 Å². The summed E-state index contributed by atoms with van der Waals surface area (Å²) in [5.74, 6) is -1.06. The number of aromatic nitrogens is 2. The molecule has 106 valence electrons. The number of halogens is 1. The number of hydrogen-bond donors (Lipinski definition) is 2. The van der Waals surface area contributed by atoms with Crippen LogP contribution in [0, 0.1) is 5.82 Å². The van der Waals surface area contributed by atoms with Gasteiger partial charge >= 0.3 is 0 Å². The highest BCUT2D eigenvalue weighted by atomic mass is 19.1. The van der Waals surface area contributed by atoms with Gasteiger partial charge in [-0.25, -0.2) is 9.07 Å². The smallest absolute Gasteiger partial charge is 0.269 e. The summed E-state index contributed by atoms with van der Waals surface area (Å²) in [5, 5.41) is 3.93. The molecule has 2 aromatic rings. The molecule has 0 saturated carbocycles. The largest absolute Gasteiger partial charge is 0.364 e. The quantitative estimate of drug-likeness (QED) is 0.865. The summed E-state index contributed by atoms with van der Waals surface area (Å²) in [7, 11) is 0. The second-order valence-corrected chi connectivity index (χ2v) is 4.67. The molecule has 0 spiro atoms. The van der Waals surface area contributed by atoms with Gasteiger partial charge in [-0.2, -0.15) is 5.10 Å². The van der Waals surface area contributed by atoms with Crippen molar-refractivity contribution in [1.82, 2.24) is 9.78 Å². The zero-order chi connectivity index (χ0) is 14.7. The standard InChI is InChI=1S/C14H17FN4O/c1-2-10(16)7-9-3-4-13(11(15)8-9)19-6-5-12(18-19)14(17)20/h3-6,8,10H,2,7,16H2,1H3,(H2,17,20). The van der Waals surface area contributed by atoms with Crippen molar-refractivity contribution < 1.29 is 9.18 Å². The maximum absolute atomic E-state index is 14.1. The SMILES string of the molecule is CCC(N)Cc1ccc(-n2ccc(C(N)=O)n2)c(F)c1. The molecule has 4 N–H and O–H groups in total. The van der Waals surface area contributed by atoms with Gasteiger partial charge in [-0.1, -0.05) is 13.0 Å². The number of carbonyl (C=O) groups excluding carboxylic acids is 1. The molecule has 0 bridgehead atoms. The van der Waals surface area contributed by atoms with Gasteiger partial charge in [0.2, 0.25) is 0 Å². The molecule has 2 rings (SSSR count). The second-order valence-electron chi connectivity index (χ2n) is 4.67.